The molecule has 1 nitrogen and oxygen atoms in total. The summed E-state index contributed by atoms with van der Waals surface area (Å²) in [4.78, 5) is 0. The van der Waals surface area contributed by atoms with E-state index in [0.717, 1.165) is 18.3 Å². The quantitative estimate of drug-likeness (QED) is 0.643. The number of rotatable bonds is 3. The highest BCUT2D eigenvalue weighted by atomic mass is 14.6. The van der Waals surface area contributed by atoms with Gasteiger partial charge in [0.2, 0.25) is 0 Å². The van der Waals surface area contributed by atoms with Gasteiger partial charge in [0.25, 0.3) is 0 Å². The molecule has 0 aliphatic heterocycles. The molecule has 1 aliphatic carbocycles. The van der Waals surface area contributed by atoms with Gasteiger partial charge in [0.15, 0.2) is 0 Å². The second-order valence-corrected chi connectivity index (χ2v) is 4.22. The predicted octanol–water partition coefficient (Wildman–Crippen LogP) is 2.72. The average Bonchev–Trinajstić information content (AvgIpc) is 2.05. The van der Waals surface area contributed by atoms with Crippen molar-refractivity contribution in [3.05, 3.63) is 12.7 Å². The molecule has 1 heteroatoms. The lowest BCUT2D eigenvalue weighted by Gasteiger charge is -2.30. The van der Waals surface area contributed by atoms with Crippen LogP contribution in [0.4, 0.5) is 0 Å². The van der Waals surface area contributed by atoms with Crippen molar-refractivity contribution in [3.63, 3.8) is 0 Å². The van der Waals surface area contributed by atoms with Gasteiger partial charge in [-0.15, -0.1) is 6.58 Å². The molecule has 1 aliphatic rings. The highest BCUT2D eigenvalue weighted by Crippen LogP contribution is 2.30. The summed E-state index contributed by atoms with van der Waals surface area (Å²) >= 11 is 0. The Morgan fingerprint density at radius 1 is 1.58 bits per heavy atom. The Kier molecular flexibility index (Phi) is 3.80. The first-order valence-corrected chi connectivity index (χ1v) is 5.10. The fourth-order valence-electron chi connectivity index (χ4n) is 2.25. The first-order chi connectivity index (χ1) is 5.74. The second kappa shape index (κ2) is 4.66. The summed E-state index contributed by atoms with van der Waals surface area (Å²) in [6.07, 6.45) is 8.36. The molecule has 0 bridgehead atoms. The molecule has 70 valence electrons. The molecule has 1 fully saturated rings. The van der Waals surface area contributed by atoms with E-state index in [4.69, 9.17) is 5.73 Å². The van der Waals surface area contributed by atoms with Gasteiger partial charge in [-0.05, 0) is 31.1 Å². The Labute approximate surface area is 76.0 Å². The normalized spacial score (nSPS) is 32.8. The van der Waals surface area contributed by atoms with E-state index in [1.807, 2.05) is 6.08 Å². The lowest BCUT2D eigenvalue weighted by Crippen LogP contribution is -2.32. The largest absolute Gasteiger partial charge is 0.327 e. The minimum absolute atomic E-state index is 0.366. The lowest BCUT2D eigenvalue weighted by atomic mass is 9.78. The zero-order valence-electron chi connectivity index (χ0n) is 8.13. The molecule has 12 heavy (non-hydrogen) atoms. The van der Waals surface area contributed by atoms with Crippen LogP contribution < -0.4 is 5.73 Å². The van der Waals surface area contributed by atoms with Crippen molar-refractivity contribution < 1.29 is 0 Å². The molecule has 0 amide bonds. The molecular weight excluding hydrogens is 146 g/mol. The third-order valence-corrected chi connectivity index (χ3v) is 3.02. The summed E-state index contributed by atoms with van der Waals surface area (Å²) < 4.78 is 0. The van der Waals surface area contributed by atoms with Crippen molar-refractivity contribution in [2.24, 2.45) is 17.6 Å². The van der Waals surface area contributed by atoms with E-state index in [0.29, 0.717) is 6.04 Å². The van der Waals surface area contributed by atoms with Crippen LogP contribution in [0.1, 0.15) is 39.0 Å². The van der Waals surface area contributed by atoms with Gasteiger partial charge in [-0.1, -0.05) is 25.8 Å². The molecule has 0 aromatic heterocycles. The van der Waals surface area contributed by atoms with Crippen molar-refractivity contribution in [2.75, 3.05) is 0 Å². The van der Waals surface area contributed by atoms with Crippen molar-refractivity contribution >= 4 is 0 Å². The van der Waals surface area contributed by atoms with Crippen LogP contribution in [-0.2, 0) is 0 Å². The number of nitrogens with two attached hydrogens (primary N) is 1. The molecule has 0 radical (unpaired) electrons. The first-order valence-electron chi connectivity index (χ1n) is 5.10. The smallest absolute Gasteiger partial charge is 0.0102 e. The van der Waals surface area contributed by atoms with Gasteiger partial charge in [0.1, 0.15) is 0 Å². The first kappa shape index (κ1) is 9.79. The fraction of sp³-hybridized carbons (Fsp3) is 0.818. The van der Waals surface area contributed by atoms with Gasteiger partial charge in [-0.25, -0.2) is 0 Å². The molecule has 0 aromatic rings. The summed E-state index contributed by atoms with van der Waals surface area (Å²) in [5.41, 5.74) is 6.05. The van der Waals surface area contributed by atoms with Gasteiger partial charge < -0.3 is 5.73 Å². The van der Waals surface area contributed by atoms with Crippen molar-refractivity contribution in [3.8, 4) is 0 Å². The van der Waals surface area contributed by atoms with Gasteiger partial charge >= 0.3 is 0 Å². The molecule has 1 rings (SSSR count). The van der Waals surface area contributed by atoms with E-state index < -0.39 is 0 Å². The van der Waals surface area contributed by atoms with Gasteiger partial charge in [0.05, 0.1) is 0 Å². The Hall–Kier alpha value is -0.300. The van der Waals surface area contributed by atoms with E-state index in [1.54, 1.807) is 0 Å². The van der Waals surface area contributed by atoms with Gasteiger partial charge in [0, 0.05) is 6.04 Å². The fourth-order valence-corrected chi connectivity index (χ4v) is 2.25. The van der Waals surface area contributed by atoms with Crippen LogP contribution in [-0.4, -0.2) is 6.04 Å². The minimum Gasteiger partial charge on any atom is -0.327 e. The highest BCUT2D eigenvalue weighted by Gasteiger charge is 2.23. The zero-order chi connectivity index (χ0) is 8.97. The van der Waals surface area contributed by atoms with Crippen molar-refractivity contribution in [2.45, 2.75) is 45.1 Å². The number of hydrogen-bond acceptors (Lipinski definition) is 1. The zero-order valence-corrected chi connectivity index (χ0v) is 8.13. The van der Waals surface area contributed by atoms with Gasteiger partial charge in [-0.3, -0.25) is 0 Å². The van der Waals surface area contributed by atoms with E-state index in [1.165, 1.54) is 25.7 Å². The Bertz CT molecular complexity index is 142. The van der Waals surface area contributed by atoms with Crippen LogP contribution in [0.2, 0.25) is 0 Å². The molecule has 0 spiro atoms. The topological polar surface area (TPSA) is 26.0 Å². The molecule has 0 heterocycles. The Morgan fingerprint density at radius 3 is 2.92 bits per heavy atom. The molecule has 2 N–H and O–H groups in total. The van der Waals surface area contributed by atoms with E-state index in [2.05, 4.69) is 13.5 Å². The summed E-state index contributed by atoms with van der Waals surface area (Å²) in [6.45, 7) is 6.07. The molecular formula is C11H21N. The van der Waals surface area contributed by atoms with Crippen LogP contribution in [0.5, 0.6) is 0 Å². The third kappa shape index (κ3) is 2.63. The van der Waals surface area contributed by atoms with Crippen LogP contribution in [0.15, 0.2) is 12.7 Å². The van der Waals surface area contributed by atoms with Crippen LogP contribution >= 0.6 is 0 Å². The monoisotopic (exact) mass is 167 g/mol. The number of hydrogen-bond donors (Lipinski definition) is 1. The summed E-state index contributed by atoms with van der Waals surface area (Å²) in [6, 6.07) is 0.366. The summed E-state index contributed by atoms with van der Waals surface area (Å²) in [7, 11) is 0. The maximum Gasteiger partial charge on any atom is 0.0102 e. The average molecular weight is 167 g/mol. The van der Waals surface area contributed by atoms with E-state index in [9.17, 15) is 0 Å². The van der Waals surface area contributed by atoms with Gasteiger partial charge in [-0.2, -0.15) is 0 Å². The highest BCUT2D eigenvalue weighted by molar-refractivity contribution is 4.84. The Balaban J connectivity index is 2.34. The lowest BCUT2D eigenvalue weighted by molar-refractivity contribution is 0.247. The Morgan fingerprint density at radius 2 is 2.33 bits per heavy atom. The molecule has 0 saturated heterocycles. The summed E-state index contributed by atoms with van der Waals surface area (Å²) in [5, 5.41) is 0. The van der Waals surface area contributed by atoms with Crippen LogP contribution in [0.3, 0.4) is 0 Å². The molecule has 1 saturated carbocycles. The van der Waals surface area contributed by atoms with E-state index >= 15 is 0 Å². The maximum absolute atomic E-state index is 6.05. The molecule has 3 unspecified atom stereocenters. The molecule has 0 aromatic carbocycles. The van der Waals surface area contributed by atoms with E-state index in [-0.39, 0.29) is 0 Å². The maximum atomic E-state index is 6.05. The van der Waals surface area contributed by atoms with Crippen molar-refractivity contribution in [1.29, 1.82) is 0 Å². The third-order valence-electron chi connectivity index (χ3n) is 3.02. The van der Waals surface area contributed by atoms with Crippen LogP contribution in [0, 0.1) is 11.8 Å². The summed E-state index contributed by atoms with van der Waals surface area (Å²) in [5.74, 6) is 1.64. The second-order valence-electron chi connectivity index (χ2n) is 4.22. The predicted molar refractivity (Wildman–Crippen MR) is 53.9 cm³/mol. The molecule has 3 atom stereocenters. The standard InChI is InChI=1S/C11H21N/c1-3-5-11(12)10-7-4-6-9(2)8-10/h3,9-11H,1,4-8,12H2,2H3. The van der Waals surface area contributed by atoms with Crippen LogP contribution in [0.25, 0.3) is 0 Å². The van der Waals surface area contributed by atoms with Crippen molar-refractivity contribution in [1.82, 2.24) is 0 Å². The minimum atomic E-state index is 0.366. The SMILES string of the molecule is C=CCC(N)C1CCCC(C)C1.